The lowest BCUT2D eigenvalue weighted by molar-refractivity contribution is -0.660. The van der Waals surface area contributed by atoms with Crippen LogP contribution in [-0.4, -0.2) is 0 Å². The zero-order valence-corrected chi connectivity index (χ0v) is 16.0. The maximum atomic E-state index is 9.66. The number of rotatable bonds is 1. The predicted octanol–water partition coefficient (Wildman–Crippen LogP) is 4.97. The minimum atomic E-state index is -0.142. The van der Waals surface area contributed by atoms with Crippen LogP contribution in [0.15, 0.2) is 48.7 Å². The molecule has 2 nitrogen and oxygen atoms in total. The second-order valence-electron chi connectivity index (χ2n) is 7.85. The number of aryl methyl sites for hydroxylation is 3. The first-order valence-electron chi connectivity index (χ1n) is 9.01. The highest BCUT2D eigenvalue weighted by molar-refractivity contribution is 5.90. The van der Waals surface area contributed by atoms with Crippen molar-refractivity contribution in [3.8, 4) is 28.5 Å². The molecule has 0 unspecified atom stereocenters. The standard InChI is InChI=1S/C24H23N2/c1-15-9-12-20(26(5)14-15)21-16(2)10-11-18-22-17(13-25)7-6-8-19(22)24(3,4)23(18)21/h6-12,14H,1-5H3/q+1. The highest BCUT2D eigenvalue weighted by Crippen LogP contribution is 2.53. The Bertz CT molecular complexity index is 1100. The van der Waals surface area contributed by atoms with Gasteiger partial charge in [0.1, 0.15) is 7.05 Å². The van der Waals surface area contributed by atoms with E-state index in [9.17, 15) is 5.26 Å². The Balaban J connectivity index is 2.13. The average molecular weight is 339 g/mol. The molecule has 0 radical (unpaired) electrons. The molecule has 3 aromatic rings. The number of benzene rings is 2. The molecule has 0 fully saturated rings. The van der Waals surface area contributed by atoms with Gasteiger partial charge in [-0.2, -0.15) is 5.26 Å². The summed E-state index contributed by atoms with van der Waals surface area (Å²) in [6.07, 6.45) is 2.17. The highest BCUT2D eigenvalue weighted by atomic mass is 14.9. The number of pyridine rings is 1. The Morgan fingerprint density at radius 1 is 0.962 bits per heavy atom. The van der Waals surface area contributed by atoms with Crippen molar-refractivity contribution < 1.29 is 4.57 Å². The number of nitriles is 1. The van der Waals surface area contributed by atoms with Crippen LogP contribution in [0.25, 0.3) is 22.4 Å². The largest absolute Gasteiger partial charge is 0.212 e. The topological polar surface area (TPSA) is 27.7 Å². The van der Waals surface area contributed by atoms with Crippen molar-refractivity contribution in [2.24, 2.45) is 7.05 Å². The third-order valence-corrected chi connectivity index (χ3v) is 5.70. The van der Waals surface area contributed by atoms with Crippen molar-refractivity contribution in [3.63, 3.8) is 0 Å². The summed E-state index contributed by atoms with van der Waals surface area (Å²) in [5.41, 5.74) is 10.5. The molecule has 0 amide bonds. The van der Waals surface area contributed by atoms with Gasteiger partial charge in [-0.3, -0.25) is 0 Å². The van der Waals surface area contributed by atoms with E-state index in [1.54, 1.807) is 0 Å². The van der Waals surface area contributed by atoms with Crippen LogP contribution in [0.1, 0.15) is 41.7 Å². The summed E-state index contributed by atoms with van der Waals surface area (Å²) in [5, 5.41) is 9.66. The average Bonchev–Trinajstić information content (AvgIpc) is 2.84. The van der Waals surface area contributed by atoms with Gasteiger partial charge in [-0.25, -0.2) is 4.57 Å². The van der Waals surface area contributed by atoms with Gasteiger partial charge in [-0.15, -0.1) is 0 Å². The van der Waals surface area contributed by atoms with Crippen LogP contribution in [0, 0.1) is 25.2 Å². The van der Waals surface area contributed by atoms with Gasteiger partial charge in [0.05, 0.1) is 17.2 Å². The molecule has 0 saturated carbocycles. The Hall–Kier alpha value is -2.92. The van der Waals surface area contributed by atoms with Crippen molar-refractivity contribution in [1.29, 1.82) is 5.26 Å². The maximum Gasteiger partial charge on any atom is 0.212 e. The zero-order valence-electron chi connectivity index (χ0n) is 16.0. The van der Waals surface area contributed by atoms with Crippen molar-refractivity contribution in [2.45, 2.75) is 33.1 Å². The van der Waals surface area contributed by atoms with Crippen LogP contribution in [0.3, 0.4) is 0 Å². The molecule has 2 heteroatoms. The quantitative estimate of drug-likeness (QED) is 0.575. The molecule has 0 atom stereocenters. The normalized spacial score (nSPS) is 13.8. The number of nitrogens with zero attached hydrogens (tertiary/aromatic N) is 2. The minimum Gasteiger partial charge on any atom is -0.201 e. The van der Waals surface area contributed by atoms with E-state index in [4.69, 9.17) is 0 Å². The highest BCUT2D eigenvalue weighted by Gasteiger charge is 2.40. The summed E-state index contributed by atoms with van der Waals surface area (Å²) in [6, 6.07) is 17.3. The van der Waals surface area contributed by atoms with E-state index in [1.807, 2.05) is 12.1 Å². The van der Waals surface area contributed by atoms with Gasteiger partial charge in [-0.1, -0.05) is 38.1 Å². The van der Waals surface area contributed by atoms with Crippen molar-refractivity contribution in [3.05, 3.63) is 76.5 Å². The molecule has 1 aliphatic carbocycles. The number of hydrogen-bond acceptors (Lipinski definition) is 1. The smallest absolute Gasteiger partial charge is 0.201 e. The molecular formula is C24H23N2+. The second kappa shape index (κ2) is 5.54. The lowest BCUT2D eigenvalue weighted by Crippen LogP contribution is -2.32. The molecule has 1 aliphatic rings. The molecule has 0 saturated heterocycles. The molecule has 26 heavy (non-hydrogen) atoms. The summed E-state index contributed by atoms with van der Waals surface area (Å²) >= 11 is 0. The molecule has 0 spiro atoms. The molecular weight excluding hydrogens is 316 g/mol. The van der Waals surface area contributed by atoms with E-state index in [0.717, 1.165) is 11.1 Å². The minimum absolute atomic E-state index is 0.142. The first kappa shape index (κ1) is 16.5. The molecule has 128 valence electrons. The summed E-state index contributed by atoms with van der Waals surface area (Å²) in [7, 11) is 2.11. The first-order valence-corrected chi connectivity index (χ1v) is 9.01. The lowest BCUT2D eigenvalue weighted by Gasteiger charge is -2.24. The third kappa shape index (κ3) is 2.14. The van der Waals surface area contributed by atoms with Gasteiger partial charge < -0.3 is 0 Å². The summed E-state index contributed by atoms with van der Waals surface area (Å²) in [5.74, 6) is 0. The van der Waals surface area contributed by atoms with Gasteiger partial charge in [0.2, 0.25) is 5.69 Å². The van der Waals surface area contributed by atoms with Gasteiger partial charge in [0, 0.05) is 22.6 Å². The fraction of sp³-hybridized carbons (Fsp3) is 0.250. The first-order chi connectivity index (χ1) is 12.4. The molecule has 0 bridgehead atoms. The predicted molar refractivity (Wildman–Crippen MR) is 105 cm³/mol. The van der Waals surface area contributed by atoms with Gasteiger partial charge in [0.15, 0.2) is 6.20 Å². The molecule has 0 N–H and O–H groups in total. The Morgan fingerprint density at radius 2 is 1.73 bits per heavy atom. The van der Waals surface area contributed by atoms with Crippen LogP contribution in [0.5, 0.6) is 0 Å². The summed E-state index contributed by atoms with van der Waals surface area (Å²) < 4.78 is 2.21. The van der Waals surface area contributed by atoms with E-state index in [1.165, 1.54) is 39.1 Å². The van der Waals surface area contributed by atoms with E-state index < -0.39 is 0 Å². The van der Waals surface area contributed by atoms with Crippen LogP contribution >= 0.6 is 0 Å². The monoisotopic (exact) mass is 339 g/mol. The summed E-state index contributed by atoms with van der Waals surface area (Å²) in [4.78, 5) is 0. The van der Waals surface area contributed by atoms with Crippen molar-refractivity contribution >= 4 is 0 Å². The van der Waals surface area contributed by atoms with Crippen LogP contribution < -0.4 is 4.57 Å². The van der Waals surface area contributed by atoms with Gasteiger partial charge in [0.25, 0.3) is 0 Å². The number of aromatic nitrogens is 1. The molecule has 1 aromatic heterocycles. The summed E-state index contributed by atoms with van der Waals surface area (Å²) in [6.45, 7) is 8.84. The van der Waals surface area contributed by atoms with E-state index in [2.05, 4.69) is 81.9 Å². The Labute approximate surface area is 155 Å². The van der Waals surface area contributed by atoms with E-state index >= 15 is 0 Å². The van der Waals surface area contributed by atoms with E-state index in [0.29, 0.717) is 0 Å². The van der Waals surface area contributed by atoms with Crippen molar-refractivity contribution in [2.75, 3.05) is 0 Å². The van der Waals surface area contributed by atoms with E-state index in [-0.39, 0.29) is 5.41 Å². The SMILES string of the molecule is Cc1ccc(-c2c(C)ccc3c2C(C)(C)c2cccc(C#N)c2-3)[n+](C)c1. The molecule has 0 aliphatic heterocycles. The lowest BCUT2D eigenvalue weighted by atomic mass is 9.78. The molecule has 4 rings (SSSR count). The third-order valence-electron chi connectivity index (χ3n) is 5.70. The zero-order chi connectivity index (χ0) is 18.6. The maximum absolute atomic E-state index is 9.66. The fourth-order valence-electron chi connectivity index (χ4n) is 4.49. The molecule has 1 heterocycles. The van der Waals surface area contributed by atoms with Crippen LogP contribution in [-0.2, 0) is 12.5 Å². The van der Waals surface area contributed by atoms with Crippen LogP contribution in [0.4, 0.5) is 0 Å². The Kier molecular flexibility index (Phi) is 3.53. The number of hydrogen-bond donors (Lipinski definition) is 0. The van der Waals surface area contributed by atoms with Crippen LogP contribution in [0.2, 0.25) is 0 Å². The van der Waals surface area contributed by atoms with Gasteiger partial charge >= 0.3 is 0 Å². The van der Waals surface area contributed by atoms with Crippen molar-refractivity contribution in [1.82, 2.24) is 0 Å². The number of fused-ring (bicyclic) bond motifs is 3. The van der Waals surface area contributed by atoms with Gasteiger partial charge in [-0.05, 0) is 48.2 Å². The second-order valence-corrected chi connectivity index (χ2v) is 7.85. The fourth-order valence-corrected chi connectivity index (χ4v) is 4.49. The molecule has 2 aromatic carbocycles. The Morgan fingerprint density at radius 3 is 2.42 bits per heavy atom.